The van der Waals surface area contributed by atoms with E-state index in [1.165, 1.54) is 0 Å². The van der Waals surface area contributed by atoms with Crippen molar-refractivity contribution < 1.29 is 9.59 Å². The predicted octanol–water partition coefficient (Wildman–Crippen LogP) is 3.37. The van der Waals surface area contributed by atoms with E-state index in [0.717, 1.165) is 22.3 Å². The molecule has 2 aromatic heterocycles. The summed E-state index contributed by atoms with van der Waals surface area (Å²) in [5.74, 6) is 0.101. The number of hydrogen-bond acceptors (Lipinski definition) is 4. The molecule has 0 unspecified atom stereocenters. The first-order valence-electron chi connectivity index (χ1n) is 10.5. The molecule has 30 heavy (non-hydrogen) atoms. The van der Waals surface area contributed by atoms with E-state index in [4.69, 9.17) is 4.98 Å². The molecule has 0 N–H and O–H groups in total. The molecule has 0 aliphatic carbocycles. The van der Waals surface area contributed by atoms with Crippen LogP contribution in [0.3, 0.4) is 0 Å². The third-order valence-corrected chi connectivity index (χ3v) is 5.58. The predicted molar refractivity (Wildman–Crippen MR) is 116 cm³/mol. The summed E-state index contributed by atoms with van der Waals surface area (Å²) in [6, 6.07) is 11.9. The van der Waals surface area contributed by atoms with Crippen LogP contribution in [0.15, 0.2) is 42.6 Å². The molecule has 1 fully saturated rings. The number of hydrogen-bond donors (Lipinski definition) is 0. The first kappa shape index (κ1) is 20.1. The molecule has 0 bridgehead atoms. The van der Waals surface area contributed by atoms with Crippen molar-refractivity contribution in [3.8, 4) is 11.3 Å². The van der Waals surface area contributed by atoms with E-state index in [2.05, 4.69) is 18.9 Å². The molecule has 0 spiro atoms. The van der Waals surface area contributed by atoms with E-state index in [1.807, 2.05) is 57.8 Å². The number of carbonyl (C=O) groups excluding carboxylic acids is 2. The maximum atomic E-state index is 13.5. The SMILES string of the molecule is CCC(=O)N1CCN(C(=O)c2cc(-c3ccccc3)nc3c2cnn3C(C)C)CC1. The number of aromatic nitrogens is 3. The molecule has 2 amide bonds. The van der Waals surface area contributed by atoms with Gasteiger partial charge >= 0.3 is 0 Å². The number of piperazine rings is 1. The molecule has 1 aromatic carbocycles. The van der Waals surface area contributed by atoms with E-state index in [9.17, 15) is 9.59 Å². The molecular weight excluding hydrogens is 378 g/mol. The highest BCUT2D eigenvalue weighted by Gasteiger charge is 2.27. The summed E-state index contributed by atoms with van der Waals surface area (Å²) in [6.45, 7) is 8.18. The van der Waals surface area contributed by atoms with Crippen LogP contribution in [0, 0.1) is 0 Å². The minimum absolute atomic E-state index is 0.0357. The minimum Gasteiger partial charge on any atom is -0.339 e. The standard InChI is InChI=1S/C23H27N5O2/c1-4-21(29)26-10-12-27(13-11-26)23(30)18-14-20(17-8-6-5-7-9-17)25-22-19(18)15-24-28(22)16(2)3/h5-9,14-16H,4,10-13H2,1-3H3. The zero-order chi connectivity index (χ0) is 21.3. The molecule has 1 aliphatic rings. The van der Waals surface area contributed by atoms with Crippen LogP contribution in [0.5, 0.6) is 0 Å². The zero-order valence-corrected chi connectivity index (χ0v) is 17.7. The molecule has 7 heteroatoms. The maximum Gasteiger partial charge on any atom is 0.254 e. The van der Waals surface area contributed by atoms with Crippen molar-refractivity contribution in [2.75, 3.05) is 26.2 Å². The molecule has 1 aliphatic heterocycles. The van der Waals surface area contributed by atoms with Crippen molar-refractivity contribution in [2.24, 2.45) is 0 Å². The molecule has 156 valence electrons. The third-order valence-electron chi connectivity index (χ3n) is 5.58. The summed E-state index contributed by atoms with van der Waals surface area (Å²) in [4.78, 5) is 33.9. The summed E-state index contributed by atoms with van der Waals surface area (Å²) in [7, 11) is 0. The van der Waals surface area contributed by atoms with Gasteiger partial charge < -0.3 is 9.80 Å². The second-order valence-electron chi connectivity index (χ2n) is 7.87. The summed E-state index contributed by atoms with van der Waals surface area (Å²) < 4.78 is 1.86. The van der Waals surface area contributed by atoms with Gasteiger partial charge in [0.25, 0.3) is 5.91 Å². The molecule has 3 aromatic rings. The van der Waals surface area contributed by atoms with Gasteiger partial charge in [0, 0.05) is 44.2 Å². The Morgan fingerprint density at radius 1 is 1.03 bits per heavy atom. The topological polar surface area (TPSA) is 71.3 Å². The molecular formula is C23H27N5O2. The van der Waals surface area contributed by atoms with Crippen molar-refractivity contribution in [2.45, 2.75) is 33.2 Å². The Balaban J connectivity index is 1.73. The lowest BCUT2D eigenvalue weighted by molar-refractivity contribution is -0.132. The largest absolute Gasteiger partial charge is 0.339 e. The van der Waals surface area contributed by atoms with Gasteiger partial charge in [-0.1, -0.05) is 37.3 Å². The van der Waals surface area contributed by atoms with E-state index < -0.39 is 0 Å². The number of fused-ring (bicyclic) bond motifs is 1. The second kappa shape index (κ2) is 8.26. The number of rotatable bonds is 4. The summed E-state index contributed by atoms with van der Waals surface area (Å²) >= 11 is 0. The Kier molecular flexibility index (Phi) is 5.53. The quantitative estimate of drug-likeness (QED) is 0.667. The lowest BCUT2D eigenvalue weighted by Crippen LogP contribution is -2.50. The monoisotopic (exact) mass is 405 g/mol. The summed E-state index contributed by atoms with van der Waals surface area (Å²) in [5.41, 5.74) is 3.05. The van der Waals surface area contributed by atoms with Crippen LogP contribution in [0.1, 0.15) is 43.6 Å². The fourth-order valence-electron chi connectivity index (χ4n) is 3.88. The Labute approximate surface area is 176 Å². The first-order valence-corrected chi connectivity index (χ1v) is 10.5. The van der Waals surface area contributed by atoms with Crippen molar-refractivity contribution >= 4 is 22.8 Å². The minimum atomic E-state index is -0.0357. The van der Waals surface area contributed by atoms with Gasteiger partial charge in [-0.05, 0) is 19.9 Å². The second-order valence-corrected chi connectivity index (χ2v) is 7.87. The smallest absolute Gasteiger partial charge is 0.254 e. The van der Waals surface area contributed by atoms with E-state index in [-0.39, 0.29) is 17.9 Å². The van der Waals surface area contributed by atoms with Gasteiger partial charge in [0.2, 0.25) is 5.91 Å². The Morgan fingerprint density at radius 3 is 2.33 bits per heavy atom. The number of nitrogens with zero attached hydrogens (tertiary/aromatic N) is 5. The van der Waals surface area contributed by atoms with Crippen LogP contribution < -0.4 is 0 Å². The van der Waals surface area contributed by atoms with Crippen LogP contribution >= 0.6 is 0 Å². The lowest BCUT2D eigenvalue weighted by Gasteiger charge is -2.34. The van der Waals surface area contributed by atoms with Gasteiger partial charge in [0.1, 0.15) is 0 Å². The molecule has 3 heterocycles. The molecule has 1 saturated heterocycles. The van der Waals surface area contributed by atoms with Crippen molar-refractivity contribution in [3.63, 3.8) is 0 Å². The number of carbonyl (C=O) groups is 2. The molecule has 0 radical (unpaired) electrons. The fourth-order valence-corrected chi connectivity index (χ4v) is 3.88. The normalized spacial score (nSPS) is 14.5. The van der Waals surface area contributed by atoms with Crippen LogP contribution in [0.4, 0.5) is 0 Å². The fraction of sp³-hybridized carbons (Fsp3) is 0.391. The van der Waals surface area contributed by atoms with Crippen LogP contribution in [0.2, 0.25) is 0 Å². The number of pyridine rings is 1. The average Bonchev–Trinajstić information content (AvgIpc) is 3.22. The Bertz CT molecular complexity index is 1070. The van der Waals surface area contributed by atoms with Gasteiger partial charge in [-0.25, -0.2) is 9.67 Å². The maximum absolute atomic E-state index is 13.5. The molecule has 7 nitrogen and oxygen atoms in total. The zero-order valence-electron chi connectivity index (χ0n) is 17.7. The van der Waals surface area contributed by atoms with Gasteiger partial charge in [0.05, 0.1) is 22.8 Å². The van der Waals surface area contributed by atoms with Crippen LogP contribution in [-0.2, 0) is 4.79 Å². The van der Waals surface area contributed by atoms with Crippen molar-refractivity contribution in [3.05, 3.63) is 48.2 Å². The first-order chi connectivity index (χ1) is 14.5. The van der Waals surface area contributed by atoms with E-state index >= 15 is 0 Å². The Hall–Kier alpha value is -3.22. The molecule has 0 atom stereocenters. The number of benzene rings is 1. The van der Waals surface area contributed by atoms with Crippen molar-refractivity contribution in [1.29, 1.82) is 0 Å². The van der Waals surface area contributed by atoms with Gasteiger partial charge in [0.15, 0.2) is 5.65 Å². The number of amides is 2. The third kappa shape index (κ3) is 3.67. The highest BCUT2D eigenvalue weighted by molar-refractivity contribution is 6.06. The highest BCUT2D eigenvalue weighted by Crippen LogP contribution is 2.27. The molecule has 0 saturated carbocycles. The summed E-state index contributed by atoms with van der Waals surface area (Å²) in [5, 5.41) is 5.26. The highest BCUT2D eigenvalue weighted by atomic mass is 16.2. The Morgan fingerprint density at radius 2 is 1.70 bits per heavy atom. The van der Waals surface area contributed by atoms with Crippen LogP contribution in [0.25, 0.3) is 22.3 Å². The van der Waals surface area contributed by atoms with E-state index in [1.54, 1.807) is 6.20 Å². The van der Waals surface area contributed by atoms with Crippen LogP contribution in [-0.4, -0.2) is 62.6 Å². The van der Waals surface area contributed by atoms with Gasteiger partial charge in [-0.2, -0.15) is 5.10 Å². The van der Waals surface area contributed by atoms with Gasteiger partial charge in [-0.3, -0.25) is 9.59 Å². The summed E-state index contributed by atoms with van der Waals surface area (Å²) in [6.07, 6.45) is 2.23. The molecule has 4 rings (SSSR count). The van der Waals surface area contributed by atoms with E-state index in [0.29, 0.717) is 38.2 Å². The average molecular weight is 406 g/mol. The van der Waals surface area contributed by atoms with Crippen molar-refractivity contribution in [1.82, 2.24) is 24.6 Å². The van der Waals surface area contributed by atoms with Gasteiger partial charge in [-0.15, -0.1) is 0 Å². The lowest BCUT2D eigenvalue weighted by atomic mass is 10.1.